The Morgan fingerprint density at radius 1 is 0.698 bits per heavy atom. The molecule has 0 bridgehead atoms. The van der Waals surface area contributed by atoms with Crippen molar-refractivity contribution in [1.82, 2.24) is 31.9 Å². The van der Waals surface area contributed by atoms with E-state index < -0.39 is 79.1 Å². The van der Waals surface area contributed by atoms with E-state index in [1.807, 2.05) is 0 Å². The van der Waals surface area contributed by atoms with Crippen LogP contribution in [0.1, 0.15) is 63.0 Å². The van der Waals surface area contributed by atoms with Gasteiger partial charge in [-0.05, 0) is 75.9 Å². The van der Waals surface area contributed by atoms with E-state index in [9.17, 15) is 49.2 Å². The monoisotopic (exact) mass is 754 g/mol. The van der Waals surface area contributed by atoms with Gasteiger partial charge < -0.3 is 75.3 Å². The summed E-state index contributed by atoms with van der Waals surface area (Å²) >= 11 is 0. The zero-order valence-corrected chi connectivity index (χ0v) is 29.9. The minimum atomic E-state index is -1.78. The van der Waals surface area contributed by atoms with Crippen LogP contribution in [0.5, 0.6) is 5.75 Å². The third-order valence-electron chi connectivity index (χ3n) is 8.03. The topological polar surface area (TPSA) is 360 Å². The first kappa shape index (κ1) is 46.6. The number of carboxylic acid groups (broad SMARTS) is 1. The number of nitrogens with one attached hydrogen (secondary N) is 6. The summed E-state index contributed by atoms with van der Waals surface area (Å²) in [6.45, 7) is 1.41. The lowest BCUT2D eigenvalue weighted by molar-refractivity contribution is -0.142. The van der Waals surface area contributed by atoms with Gasteiger partial charge in [0, 0.05) is 31.6 Å². The lowest BCUT2D eigenvalue weighted by Gasteiger charge is -2.23. The lowest BCUT2D eigenvalue weighted by Crippen LogP contribution is -2.57. The maximum atomic E-state index is 12.8. The van der Waals surface area contributed by atoms with Crippen molar-refractivity contribution in [3.05, 3.63) is 29.8 Å². The number of nitrogens with two attached hydrogens (primary N) is 4. The number of unbranched alkanes of at least 4 members (excludes halogenated alkanes) is 1. The number of phenols is 1. The first-order chi connectivity index (χ1) is 25.2. The Labute approximate surface area is 308 Å². The highest BCUT2D eigenvalue weighted by Gasteiger charge is 2.28. The smallest absolute Gasteiger partial charge is 0.326 e. The SMILES string of the molecule is NCCCCNCCCNC(=O)CNC(=O)CC(O)C(N)CCCC(NC(=O)C(CN)NC(=O)C(O)CNC(=O)CC(N)c1ccc(O)cc1)C(=O)O. The number of benzene rings is 1. The molecule has 18 N–H and O–H groups in total. The molecule has 20 heteroatoms. The molecule has 0 fully saturated rings. The number of carbonyl (C=O) groups is 6. The highest BCUT2D eigenvalue weighted by molar-refractivity contribution is 5.92. The highest BCUT2D eigenvalue weighted by Crippen LogP contribution is 2.17. The van der Waals surface area contributed by atoms with Gasteiger partial charge in [-0.15, -0.1) is 0 Å². The number of phenolic OH excluding ortho intramolecular Hbond substituents is 1. The van der Waals surface area contributed by atoms with Crippen molar-refractivity contribution in [2.24, 2.45) is 22.9 Å². The van der Waals surface area contributed by atoms with Crippen molar-refractivity contribution < 1.29 is 49.2 Å². The maximum absolute atomic E-state index is 12.8. The quantitative estimate of drug-likeness (QED) is 0.0358. The average Bonchev–Trinajstić information content (AvgIpc) is 3.12. The summed E-state index contributed by atoms with van der Waals surface area (Å²) in [5.41, 5.74) is 23.6. The molecule has 0 aromatic heterocycles. The Morgan fingerprint density at radius 3 is 1.98 bits per heavy atom. The minimum absolute atomic E-state index is 0.0315. The molecule has 20 nitrogen and oxygen atoms in total. The van der Waals surface area contributed by atoms with Gasteiger partial charge in [0.15, 0.2) is 0 Å². The van der Waals surface area contributed by atoms with Crippen molar-refractivity contribution >= 4 is 35.5 Å². The first-order valence-electron chi connectivity index (χ1n) is 17.6. The minimum Gasteiger partial charge on any atom is -0.508 e. The van der Waals surface area contributed by atoms with Gasteiger partial charge in [0.2, 0.25) is 23.6 Å². The van der Waals surface area contributed by atoms with Crippen molar-refractivity contribution in [3.63, 3.8) is 0 Å². The van der Waals surface area contributed by atoms with Crippen LogP contribution in [0.2, 0.25) is 0 Å². The van der Waals surface area contributed by atoms with Crippen molar-refractivity contribution in [2.45, 2.75) is 87.7 Å². The highest BCUT2D eigenvalue weighted by atomic mass is 16.4. The van der Waals surface area contributed by atoms with Crippen LogP contribution in [0.4, 0.5) is 0 Å². The van der Waals surface area contributed by atoms with Crippen LogP contribution < -0.4 is 54.8 Å². The molecule has 1 rings (SSSR count). The molecule has 6 atom stereocenters. The van der Waals surface area contributed by atoms with E-state index in [1.165, 1.54) is 12.1 Å². The molecule has 0 saturated carbocycles. The van der Waals surface area contributed by atoms with Crippen LogP contribution in [0.25, 0.3) is 0 Å². The third-order valence-corrected chi connectivity index (χ3v) is 8.03. The molecule has 0 radical (unpaired) electrons. The maximum Gasteiger partial charge on any atom is 0.326 e. The largest absolute Gasteiger partial charge is 0.508 e. The Kier molecular flexibility index (Phi) is 23.2. The average molecular weight is 755 g/mol. The number of hydrogen-bond donors (Lipinski definition) is 14. The number of hydrogen-bond acceptors (Lipinski definition) is 14. The van der Waals surface area contributed by atoms with Crippen molar-refractivity contribution in [3.8, 4) is 5.75 Å². The first-order valence-corrected chi connectivity index (χ1v) is 17.6. The van der Waals surface area contributed by atoms with E-state index >= 15 is 0 Å². The molecule has 1 aromatic rings. The fourth-order valence-electron chi connectivity index (χ4n) is 4.81. The molecular weight excluding hydrogens is 696 g/mol. The van der Waals surface area contributed by atoms with E-state index in [4.69, 9.17) is 22.9 Å². The van der Waals surface area contributed by atoms with Gasteiger partial charge in [-0.25, -0.2) is 4.79 Å². The Hall–Kier alpha value is -4.44. The molecule has 1 aromatic carbocycles. The van der Waals surface area contributed by atoms with E-state index in [2.05, 4.69) is 31.9 Å². The predicted octanol–water partition coefficient (Wildman–Crippen LogP) is -4.53. The molecule has 0 aliphatic rings. The summed E-state index contributed by atoms with van der Waals surface area (Å²) < 4.78 is 0. The van der Waals surface area contributed by atoms with E-state index in [-0.39, 0.29) is 50.3 Å². The van der Waals surface area contributed by atoms with Crippen LogP contribution in [0, 0.1) is 0 Å². The van der Waals surface area contributed by atoms with Gasteiger partial charge in [-0.2, -0.15) is 0 Å². The Bertz CT molecular complexity index is 1290. The standard InChI is InChI=1S/C33H58N10O10/c34-11-1-2-12-38-13-4-14-39-30(49)19-41-29(48)16-26(45)22(36)5-3-6-24(33(52)53)42-31(50)25(17-35)43-32(51)27(46)18-40-28(47)15-23(37)20-7-9-21(44)10-8-20/h7-10,22-27,38,44-46H,1-6,11-19,34-37H2,(H,39,49)(H,40,47)(H,41,48)(H,42,50)(H,43,51)(H,52,53). The molecule has 0 aliphatic carbocycles. The van der Waals surface area contributed by atoms with Crippen LogP contribution in [-0.4, -0.2) is 132 Å². The molecule has 53 heavy (non-hydrogen) atoms. The predicted molar refractivity (Wildman–Crippen MR) is 193 cm³/mol. The van der Waals surface area contributed by atoms with Gasteiger partial charge in [-0.3, -0.25) is 24.0 Å². The van der Waals surface area contributed by atoms with Gasteiger partial charge >= 0.3 is 5.97 Å². The van der Waals surface area contributed by atoms with Crippen molar-refractivity contribution in [1.29, 1.82) is 0 Å². The summed E-state index contributed by atoms with van der Waals surface area (Å²) in [4.78, 5) is 73.5. The van der Waals surface area contributed by atoms with Crippen molar-refractivity contribution in [2.75, 3.05) is 45.8 Å². The number of amides is 5. The van der Waals surface area contributed by atoms with Crippen LogP contribution in [0.3, 0.4) is 0 Å². The van der Waals surface area contributed by atoms with E-state index in [0.717, 1.165) is 25.9 Å². The fourth-order valence-corrected chi connectivity index (χ4v) is 4.81. The number of aliphatic hydroxyl groups excluding tert-OH is 2. The van der Waals surface area contributed by atoms with E-state index in [1.54, 1.807) is 12.1 Å². The van der Waals surface area contributed by atoms with Gasteiger partial charge in [0.1, 0.15) is 23.9 Å². The Balaban J connectivity index is 2.40. The van der Waals surface area contributed by atoms with Gasteiger partial charge in [0.05, 0.1) is 25.6 Å². The molecule has 0 spiro atoms. The zero-order valence-electron chi connectivity index (χ0n) is 29.9. The molecule has 0 aliphatic heterocycles. The second-order valence-electron chi connectivity index (χ2n) is 12.5. The van der Waals surface area contributed by atoms with Crippen LogP contribution in [-0.2, 0) is 28.8 Å². The van der Waals surface area contributed by atoms with Crippen LogP contribution in [0.15, 0.2) is 24.3 Å². The number of carbonyl (C=O) groups excluding carboxylic acids is 5. The lowest BCUT2D eigenvalue weighted by atomic mass is 10.00. The van der Waals surface area contributed by atoms with Crippen LogP contribution >= 0.6 is 0 Å². The number of rotatable bonds is 28. The normalized spacial score (nSPS) is 14.5. The summed E-state index contributed by atoms with van der Waals surface area (Å²) in [7, 11) is 0. The molecule has 300 valence electrons. The number of carboxylic acids is 1. The summed E-state index contributed by atoms with van der Waals surface area (Å²) in [5, 5.41) is 54.7. The molecule has 0 saturated heterocycles. The second kappa shape index (κ2) is 26.3. The molecule has 5 amide bonds. The summed E-state index contributed by atoms with van der Waals surface area (Å²) in [6, 6.07) is 1.45. The summed E-state index contributed by atoms with van der Waals surface area (Å²) in [6.07, 6.45) is -0.916. The third kappa shape index (κ3) is 20.4. The number of aromatic hydroxyl groups is 1. The molecular formula is C33H58N10O10. The zero-order chi connectivity index (χ0) is 39.8. The molecule has 6 unspecified atom stereocenters. The number of aliphatic carboxylic acids is 1. The fraction of sp³-hybridized carbons (Fsp3) is 0.636. The molecule has 0 heterocycles. The second-order valence-corrected chi connectivity index (χ2v) is 12.5. The number of aliphatic hydroxyl groups is 2. The van der Waals surface area contributed by atoms with Gasteiger partial charge in [0.25, 0.3) is 5.91 Å². The Morgan fingerprint density at radius 2 is 1.34 bits per heavy atom. The van der Waals surface area contributed by atoms with E-state index in [0.29, 0.717) is 25.1 Å². The van der Waals surface area contributed by atoms with Gasteiger partial charge in [-0.1, -0.05) is 12.1 Å². The summed E-state index contributed by atoms with van der Waals surface area (Å²) in [5.74, 6) is -4.91.